The number of aromatic nitrogens is 1. The summed E-state index contributed by atoms with van der Waals surface area (Å²) in [6, 6.07) is 0.295. The first-order chi connectivity index (χ1) is 8.86. The lowest BCUT2D eigenvalue weighted by Gasteiger charge is -2.31. The van der Waals surface area contributed by atoms with Crippen molar-refractivity contribution in [3.63, 3.8) is 0 Å². The minimum Gasteiger partial charge on any atom is -0.305 e. The number of hydrogen-bond acceptors (Lipinski definition) is 3. The molecule has 1 aromatic heterocycles. The summed E-state index contributed by atoms with van der Waals surface area (Å²) in [7, 11) is 0. The van der Waals surface area contributed by atoms with Crippen LogP contribution in [-0.4, -0.2) is 17.2 Å². The topological polar surface area (TPSA) is 24.9 Å². The number of nitrogens with one attached hydrogen (secondary N) is 1. The van der Waals surface area contributed by atoms with Crippen molar-refractivity contribution in [3.05, 3.63) is 16.1 Å². The van der Waals surface area contributed by atoms with Gasteiger partial charge in [0.15, 0.2) is 0 Å². The molecule has 1 aliphatic rings. The van der Waals surface area contributed by atoms with Crippen LogP contribution < -0.4 is 5.32 Å². The molecule has 1 saturated carbocycles. The van der Waals surface area contributed by atoms with E-state index in [2.05, 4.69) is 10.3 Å². The van der Waals surface area contributed by atoms with Gasteiger partial charge in [0.25, 0.3) is 0 Å². The molecule has 6 heteroatoms. The summed E-state index contributed by atoms with van der Waals surface area (Å²) >= 11 is 1.60. The summed E-state index contributed by atoms with van der Waals surface area (Å²) in [5, 5.41) is 6.40. The third kappa shape index (κ3) is 3.92. The number of hydrogen-bond donors (Lipinski definition) is 1. The van der Waals surface area contributed by atoms with E-state index in [4.69, 9.17) is 0 Å². The molecule has 1 aromatic rings. The Bertz CT molecular complexity index is 408. The van der Waals surface area contributed by atoms with Crippen LogP contribution in [0, 0.1) is 12.8 Å². The fourth-order valence-electron chi connectivity index (χ4n) is 2.58. The summed E-state index contributed by atoms with van der Waals surface area (Å²) in [6.07, 6.45) is -2.35. The smallest absolute Gasteiger partial charge is 0.305 e. The molecule has 0 radical (unpaired) electrons. The SMILES string of the molecule is Cc1csc(C(C)NC2CCC(C(F)(F)F)CC2)n1. The van der Waals surface area contributed by atoms with Crippen molar-refractivity contribution in [2.24, 2.45) is 5.92 Å². The number of alkyl halides is 3. The van der Waals surface area contributed by atoms with Crippen LogP contribution in [0.15, 0.2) is 5.38 Å². The van der Waals surface area contributed by atoms with E-state index in [1.54, 1.807) is 11.3 Å². The van der Waals surface area contributed by atoms with Gasteiger partial charge in [0.1, 0.15) is 5.01 Å². The molecule has 0 aliphatic heterocycles. The van der Waals surface area contributed by atoms with Gasteiger partial charge in [-0.1, -0.05) is 0 Å². The van der Waals surface area contributed by atoms with Gasteiger partial charge in [-0.25, -0.2) is 4.98 Å². The van der Waals surface area contributed by atoms with Gasteiger partial charge in [-0.15, -0.1) is 11.3 Å². The minimum absolute atomic E-state index is 0.117. The highest BCUT2D eigenvalue weighted by atomic mass is 32.1. The highest BCUT2D eigenvalue weighted by Gasteiger charge is 2.41. The molecule has 2 rings (SSSR count). The van der Waals surface area contributed by atoms with E-state index in [1.807, 2.05) is 19.2 Å². The molecule has 1 unspecified atom stereocenters. The number of aryl methyl sites for hydroxylation is 1. The lowest BCUT2D eigenvalue weighted by Crippen LogP contribution is -2.38. The summed E-state index contributed by atoms with van der Waals surface area (Å²) in [4.78, 5) is 4.41. The van der Waals surface area contributed by atoms with Gasteiger partial charge in [0.2, 0.25) is 0 Å². The highest BCUT2D eigenvalue weighted by molar-refractivity contribution is 7.09. The Hall–Kier alpha value is -0.620. The van der Waals surface area contributed by atoms with Crippen LogP contribution in [0.25, 0.3) is 0 Å². The summed E-state index contributed by atoms with van der Waals surface area (Å²) in [6.45, 7) is 3.97. The normalized spacial score (nSPS) is 26.4. The molecular formula is C13H19F3N2S. The predicted molar refractivity (Wildman–Crippen MR) is 70.2 cm³/mol. The monoisotopic (exact) mass is 292 g/mol. The van der Waals surface area contributed by atoms with E-state index < -0.39 is 12.1 Å². The predicted octanol–water partition coefficient (Wildman–Crippen LogP) is 4.22. The maximum absolute atomic E-state index is 12.6. The van der Waals surface area contributed by atoms with E-state index in [-0.39, 0.29) is 24.9 Å². The average molecular weight is 292 g/mol. The van der Waals surface area contributed by atoms with E-state index in [9.17, 15) is 13.2 Å². The molecule has 1 heterocycles. The molecule has 1 atom stereocenters. The molecule has 1 N–H and O–H groups in total. The first-order valence-corrected chi connectivity index (χ1v) is 7.49. The summed E-state index contributed by atoms with van der Waals surface area (Å²) < 4.78 is 37.7. The zero-order valence-corrected chi connectivity index (χ0v) is 11.9. The van der Waals surface area contributed by atoms with Crippen molar-refractivity contribution in [2.75, 3.05) is 0 Å². The first-order valence-electron chi connectivity index (χ1n) is 6.61. The van der Waals surface area contributed by atoms with Crippen LogP contribution in [-0.2, 0) is 0 Å². The Morgan fingerprint density at radius 1 is 1.32 bits per heavy atom. The van der Waals surface area contributed by atoms with Crippen LogP contribution in [0.1, 0.15) is 49.4 Å². The molecule has 19 heavy (non-hydrogen) atoms. The van der Waals surface area contributed by atoms with Crippen LogP contribution in [0.5, 0.6) is 0 Å². The second-order valence-corrected chi connectivity index (χ2v) is 6.20. The van der Waals surface area contributed by atoms with Crippen molar-refractivity contribution in [1.29, 1.82) is 0 Å². The summed E-state index contributed by atoms with van der Waals surface area (Å²) in [5.74, 6) is -1.11. The van der Waals surface area contributed by atoms with Crippen molar-refractivity contribution in [1.82, 2.24) is 10.3 Å². The van der Waals surface area contributed by atoms with Gasteiger partial charge in [0.05, 0.1) is 12.0 Å². The third-order valence-corrected chi connectivity index (χ3v) is 4.83. The molecule has 0 bridgehead atoms. The molecule has 0 saturated heterocycles. The van der Waals surface area contributed by atoms with Crippen molar-refractivity contribution >= 4 is 11.3 Å². The Kier molecular flexibility index (Phi) is 4.50. The van der Waals surface area contributed by atoms with Gasteiger partial charge >= 0.3 is 6.18 Å². The van der Waals surface area contributed by atoms with E-state index in [0.29, 0.717) is 12.8 Å². The van der Waals surface area contributed by atoms with Crippen molar-refractivity contribution < 1.29 is 13.2 Å². The van der Waals surface area contributed by atoms with Crippen LogP contribution in [0.2, 0.25) is 0 Å². The fourth-order valence-corrected chi connectivity index (χ4v) is 3.40. The highest BCUT2D eigenvalue weighted by Crippen LogP contribution is 2.37. The zero-order chi connectivity index (χ0) is 14.0. The molecule has 0 aromatic carbocycles. The second-order valence-electron chi connectivity index (χ2n) is 5.31. The van der Waals surface area contributed by atoms with Crippen LogP contribution >= 0.6 is 11.3 Å². The maximum Gasteiger partial charge on any atom is 0.391 e. The quantitative estimate of drug-likeness (QED) is 0.902. The number of halogens is 3. The summed E-state index contributed by atoms with van der Waals surface area (Å²) in [5.41, 5.74) is 0.995. The number of nitrogens with zero attached hydrogens (tertiary/aromatic N) is 1. The van der Waals surface area contributed by atoms with Gasteiger partial charge in [-0.3, -0.25) is 0 Å². The lowest BCUT2D eigenvalue weighted by molar-refractivity contribution is -0.182. The molecule has 2 nitrogen and oxygen atoms in total. The van der Waals surface area contributed by atoms with E-state index >= 15 is 0 Å². The van der Waals surface area contributed by atoms with Gasteiger partial charge in [-0.05, 0) is 39.5 Å². The third-order valence-electron chi connectivity index (χ3n) is 3.68. The van der Waals surface area contributed by atoms with Gasteiger partial charge in [-0.2, -0.15) is 13.2 Å². The minimum atomic E-state index is -4.02. The maximum atomic E-state index is 12.6. The standard InChI is InChI=1S/C13H19F3N2S/c1-8-7-19-12(17-8)9(2)18-11-5-3-10(4-6-11)13(14,15)16/h7,9-11,18H,3-6H2,1-2H3. The molecule has 0 amide bonds. The zero-order valence-electron chi connectivity index (χ0n) is 11.1. The fraction of sp³-hybridized carbons (Fsp3) is 0.769. The molecule has 1 fully saturated rings. The van der Waals surface area contributed by atoms with Crippen molar-refractivity contribution in [3.8, 4) is 0 Å². The average Bonchev–Trinajstić information content (AvgIpc) is 2.75. The second kappa shape index (κ2) is 5.79. The Morgan fingerprint density at radius 2 is 1.95 bits per heavy atom. The molecule has 1 aliphatic carbocycles. The van der Waals surface area contributed by atoms with Crippen LogP contribution in [0.3, 0.4) is 0 Å². The first kappa shape index (κ1) is 14.8. The molecular weight excluding hydrogens is 273 g/mol. The van der Waals surface area contributed by atoms with E-state index in [1.165, 1.54) is 0 Å². The van der Waals surface area contributed by atoms with E-state index in [0.717, 1.165) is 10.7 Å². The lowest BCUT2D eigenvalue weighted by atomic mass is 9.85. The number of rotatable bonds is 3. The van der Waals surface area contributed by atoms with Crippen LogP contribution in [0.4, 0.5) is 13.2 Å². The Morgan fingerprint density at radius 3 is 2.42 bits per heavy atom. The number of thiazole rings is 1. The van der Waals surface area contributed by atoms with Crippen molar-refractivity contribution in [2.45, 2.75) is 57.8 Å². The Balaban J connectivity index is 1.82. The molecule has 0 spiro atoms. The Labute approximate surface area is 115 Å². The van der Waals surface area contributed by atoms with Gasteiger partial charge < -0.3 is 5.32 Å². The van der Waals surface area contributed by atoms with Gasteiger partial charge in [0, 0.05) is 17.1 Å². The molecule has 108 valence electrons. The largest absolute Gasteiger partial charge is 0.391 e.